The molecule has 0 radical (unpaired) electrons. The van der Waals surface area contributed by atoms with E-state index in [2.05, 4.69) is 23.9 Å². The molecule has 2 heterocycles. The van der Waals surface area contributed by atoms with E-state index in [9.17, 15) is 9.90 Å². The van der Waals surface area contributed by atoms with Crippen LogP contribution in [-0.2, 0) is 30.9 Å². The Morgan fingerprint density at radius 3 is 2.04 bits per heavy atom. The number of aromatic nitrogens is 1. The van der Waals surface area contributed by atoms with Crippen LogP contribution in [-0.4, -0.2) is 47.4 Å². The van der Waals surface area contributed by atoms with Crippen molar-refractivity contribution < 1.29 is 28.6 Å². The molecule has 1 N–H and O–H groups in total. The van der Waals surface area contributed by atoms with Gasteiger partial charge in [-0.15, -0.1) is 0 Å². The zero-order valence-electron chi connectivity index (χ0n) is 26.9. The SMILES string of the molecule is CC(C)Cc1cc(-c2onc(C(=O)O)c2-c2ccc(CN3CCOCC3)cc2)c(OCc2ccccc2)cc1OCc1ccccc1. The van der Waals surface area contributed by atoms with Gasteiger partial charge in [0, 0.05) is 25.7 Å². The first-order valence-electron chi connectivity index (χ1n) is 16.1. The lowest BCUT2D eigenvalue weighted by Gasteiger charge is -2.26. The van der Waals surface area contributed by atoms with Crippen LogP contribution in [0.5, 0.6) is 11.5 Å². The monoisotopic (exact) mass is 632 g/mol. The number of hydrogen-bond acceptors (Lipinski definition) is 7. The molecule has 0 unspecified atom stereocenters. The largest absolute Gasteiger partial charge is 0.488 e. The summed E-state index contributed by atoms with van der Waals surface area (Å²) in [6, 6.07) is 31.8. The van der Waals surface area contributed by atoms with Crippen molar-refractivity contribution in [2.24, 2.45) is 5.92 Å². The summed E-state index contributed by atoms with van der Waals surface area (Å²) in [6.45, 7) is 9.04. The molecule has 1 fully saturated rings. The Bertz CT molecular complexity index is 1760. The third-order valence-electron chi connectivity index (χ3n) is 8.16. The molecule has 0 aliphatic carbocycles. The molecule has 1 saturated heterocycles. The summed E-state index contributed by atoms with van der Waals surface area (Å²) in [5, 5.41) is 14.2. The van der Waals surface area contributed by atoms with Gasteiger partial charge in [-0.2, -0.15) is 0 Å². The van der Waals surface area contributed by atoms with Crippen LogP contribution in [0.15, 0.2) is 102 Å². The van der Waals surface area contributed by atoms with Gasteiger partial charge in [0.15, 0.2) is 11.5 Å². The molecule has 242 valence electrons. The second-order valence-electron chi connectivity index (χ2n) is 12.2. The van der Waals surface area contributed by atoms with Gasteiger partial charge >= 0.3 is 5.97 Å². The number of morpholine rings is 1. The summed E-state index contributed by atoms with van der Waals surface area (Å²) >= 11 is 0. The summed E-state index contributed by atoms with van der Waals surface area (Å²) in [4.78, 5) is 14.8. The highest BCUT2D eigenvalue weighted by Gasteiger charge is 2.28. The smallest absolute Gasteiger partial charge is 0.358 e. The van der Waals surface area contributed by atoms with Crippen molar-refractivity contribution in [2.45, 2.75) is 40.0 Å². The van der Waals surface area contributed by atoms with Crippen LogP contribution in [0.2, 0.25) is 0 Å². The van der Waals surface area contributed by atoms with E-state index in [4.69, 9.17) is 18.7 Å². The van der Waals surface area contributed by atoms with Crippen molar-refractivity contribution in [3.8, 4) is 33.9 Å². The molecular weight excluding hydrogens is 592 g/mol. The van der Waals surface area contributed by atoms with E-state index in [1.165, 1.54) is 0 Å². The Hall–Kier alpha value is -4.92. The predicted molar refractivity (Wildman–Crippen MR) is 181 cm³/mol. The third kappa shape index (κ3) is 8.09. The zero-order chi connectivity index (χ0) is 32.6. The fourth-order valence-corrected chi connectivity index (χ4v) is 5.79. The van der Waals surface area contributed by atoms with E-state index < -0.39 is 5.97 Å². The summed E-state index contributed by atoms with van der Waals surface area (Å²) in [6.07, 6.45) is 0.738. The summed E-state index contributed by atoms with van der Waals surface area (Å²) in [5.74, 6) is 0.736. The molecule has 0 atom stereocenters. The molecule has 1 aliphatic rings. The van der Waals surface area contributed by atoms with Crippen molar-refractivity contribution in [1.29, 1.82) is 0 Å². The van der Waals surface area contributed by atoms with Gasteiger partial charge in [0.1, 0.15) is 24.7 Å². The summed E-state index contributed by atoms with van der Waals surface area (Å²) < 4.78 is 24.3. The molecule has 5 aromatic rings. The molecule has 0 amide bonds. The van der Waals surface area contributed by atoms with E-state index in [1.807, 2.05) is 97.1 Å². The van der Waals surface area contributed by atoms with Crippen LogP contribution in [0.3, 0.4) is 0 Å². The van der Waals surface area contributed by atoms with Gasteiger partial charge in [0.05, 0.1) is 24.3 Å². The van der Waals surface area contributed by atoms with Crippen molar-refractivity contribution in [1.82, 2.24) is 10.1 Å². The molecule has 0 bridgehead atoms. The second-order valence-corrected chi connectivity index (χ2v) is 12.2. The molecular formula is C39H40N2O6. The second kappa shape index (κ2) is 15.1. The van der Waals surface area contributed by atoms with E-state index in [0.29, 0.717) is 53.1 Å². The Labute approximate surface area is 275 Å². The average Bonchev–Trinajstić information content (AvgIpc) is 3.54. The summed E-state index contributed by atoms with van der Waals surface area (Å²) in [5.41, 5.74) is 5.74. The molecule has 0 saturated carbocycles. The minimum Gasteiger partial charge on any atom is -0.488 e. The predicted octanol–water partition coefficient (Wildman–Crippen LogP) is 7.90. The highest BCUT2D eigenvalue weighted by atomic mass is 16.5. The lowest BCUT2D eigenvalue weighted by molar-refractivity contribution is 0.0342. The highest BCUT2D eigenvalue weighted by molar-refractivity contribution is 5.99. The maximum atomic E-state index is 12.5. The minimum atomic E-state index is -1.16. The number of carboxylic acid groups (broad SMARTS) is 1. The molecule has 6 rings (SSSR count). The number of hydrogen-bond donors (Lipinski definition) is 1. The first kappa shape index (κ1) is 32.0. The molecule has 8 nitrogen and oxygen atoms in total. The van der Waals surface area contributed by atoms with Crippen molar-refractivity contribution in [3.63, 3.8) is 0 Å². The van der Waals surface area contributed by atoms with Crippen LogP contribution in [0, 0.1) is 5.92 Å². The van der Waals surface area contributed by atoms with Crippen LogP contribution in [0.1, 0.15) is 46.6 Å². The topological polar surface area (TPSA) is 94.3 Å². The lowest BCUT2D eigenvalue weighted by atomic mass is 9.94. The van der Waals surface area contributed by atoms with Gasteiger partial charge in [0.25, 0.3) is 0 Å². The van der Waals surface area contributed by atoms with Crippen LogP contribution in [0.25, 0.3) is 22.5 Å². The Morgan fingerprint density at radius 1 is 0.830 bits per heavy atom. The molecule has 4 aromatic carbocycles. The Kier molecular flexibility index (Phi) is 10.3. The van der Waals surface area contributed by atoms with Gasteiger partial charge in [-0.3, -0.25) is 4.90 Å². The van der Waals surface area contributed by atoms with E-state index in [1.54, 1.807) is 0 Å². The normalized spacial score (nSPS) is 13.5. The average molecular weight is 633 g/mol. The third-order valence-corrected chi connectivity index (χ3v) is 8.16. The van der Waals surface area contributed by atoms with E-state index in [0.717, 1.165) is 61.5 Å². The number of carboxylic acids is 1. The molecule has 47 heavy (non-hydrogen) atoms. The maximum Gasteiger partial charge on any atom is 0.358 e. The quantitative estimate of drug-likeness (QED) is 0.140. The number of aromatic carboxylic acids is 1. The molecule has 1 aliphatic heterocycles. The van der Waals surface area contributed by atoms with Crippen LogP contribution < -0.4 is 9.47 Å². The molecule has 8 heteroatoms. The van der Waals surface area contributed by atoms with Crippen molar-refractivity contribution >= 4 is 5.97 Å². The van der Waals surface area contributed by atoms with Gasteiger partial charge < -0.3 is 23.8 Å². The lowest BCUT2D eigenvalue weighted by Crippen LogP contribution is -2.35. The minimum absolute atomic E-state index is 0.148. The summed E-state index contributed by atoms with van der Waals surface area (Å²) in [7, 11) is 0. The number of benzene rings is 4. The zero-order valence-corrected chi connectivity index (χ0v) is 26.9. The number of ether oxygens (including phenoxy) is 3. The van der Waals surface area contributed by atoms with E-state index >= 15 is 0 Å². The van der Waals surface area contributed by atoms with Gasteiger partial charge in [0.2, 0.25) is 0 Å². The first-order chi connectivity index (χ1) is 22.9. The molecule has 0 spiro atoms. The number of nitrogens with zero attached hydrogens (tertiary/aromatic N) is 2. The van der Waals surface area contributed by atoms with Gasteiger partial charge in [-0.25, -0.2) is 4.79 Å². The first-order valence-corrected chi connectivity index (χ1v) is 16.1. The van der Waals surface area contributed by atoms with E-state index in [-0.39, 0.29) is 5.69 Å². The maximum absolute atomic E-state index is 12.5. The van der Waals surface area contributed by atoms with Gasteiger partial charge in [-0.05, 0) is 46.2 Å². The highest BCUT2D eigenvalue weighted by Crippen LogP contribution is 2.43. The standard InChI is InChI=1S/C39H40N2O6/c1-27(2)21-32-22-33(35(46-26-30-11-7-4-8-12-30)23-34(32)45-25-29-9-5-3-6-10-29)38-36(37(39(42)43)40-47-38)31-15-13-28(14-16-31)24-41-17-19-44-20-18-41/h3-16,22-23,27H,17-21,24-26H2,1-2H3,(H,42,43). The van der Waals surface area contributed by atoms with Crippen molar-refractivity contribution in [3.05, 3.63) is 125 Å². The number of carbonyl (C=O) groups is 1. The number of rotatable bonds is 13. The fourth-order valence-electron chi connectivity index (χ4n) is 5.79. The van der Waals surface area contributed by atoms with Crippen LogP contribution >= 0.6 is 0 Å². The fraction of sp³-hybridized carbons (Fsp3) is 0.282. The molecule has 1 aromatic heterocycles. The van der Waals surface area contributed by atoms with Crippen molar-refractivity contribution in [2.75, 3.05) is 26.3 Å². The Balaban J connectivity index is 1.41. The Morgan fingerprint density at radius 2 is 1.45 bits per heavy atom. The van der Waals surface area contributed by atoms with Gasteiger partial charge in [-0.1, -0.05) is 104 Å². The van der Waals surface area contributed by atoms with Crippen LogP contribution in [0.4, 0.5) is 0 Å².